The molecule has 18 heavy (non-hydrogen) atoms. The molecule has 0 saturated heterocycles. The normalized spacial score (nSPS) is 10.4. The molecule has 0 radical (unpaired) electrons. The van der Waals surface area contributed by atoms with Gasteiger partial charge in [0.15, 0.2) is 0 Å². The molecule has 2 rings (SSSR count). The third-order valence-electron chi connectivity index (χ3n) is 2.92. The van der Waals surface area contributed by atoms with E-state index in [1.165, 1.54) is 10.9 Å². The Bertz CT molecular complexity index is 540. The van der Waals surface area contributed by atoms with Gasteiger partial charge in [0.25, 0.3) is 0 Å². The van der Waals surface area contributed by atoms with E-state index in [4.69, 9.17) is 6.42 Å². The van der Waals surface area contributed by atoms with Gasteiger partial charge in [-0.15, -0.1) is 12.3 Å². The SMILES string of the molecule is C#CCCCCNCc1ccc2ncccc2c1. The van der Waals surface area contributed by atoms with Gasteiger partial charge in [0, 0.05) is 24.5 Å². The number of nitrogens with one attached hydrogen (secondary N) is 1. The second-order valence-electron chi connectivity index (χ2n) is 4.37. The molecule has 2 nitrogen and oxygen atoms in total. The molecule has 0 spiro atoms. The lowest BCUT2D eigenvalue weighted by Gasteiger charge is -2.05. The summed E-state index contributed by atoms with van der Waals surface area (Å²) in [6.07, 6.45) is 10.2. The quantitative estimate of drug-likeness (QED) is 0.618. The van der Waals surface area contributed by atoms with Crippen LogP contribution in [-0.2, 0) is 6.54 Å². The van der Waals surface area contributed by atoms with E-state index in [0.29, 0.717) is 0 Å². The Morgan fingerprint density at radius 1 is 1.22 bits per heavy atom. The first-order chi connectivity index (χ1) is 8.90. The minimum absolute atomic E-state index is 0.878. The topological polar surface area (TPSA) is 24.9 Å². The number of rotatable bonds is 6. The van der Waals surface area contributed by atoms with E-state index in [-0.39, 0.29) is 0 Å². The van der Waals surface area contributed by atoms with Crippen molar-refractivity contribution in [1.82, 2.24) is 10.3 Å². The van der Waals surface area contributed by atoms with Crippen molar-refractivity contribution in [3.05, 3.63) is 42.1 Å². The number of nitrogens with zero attached hydrogens (tertiary/aromatic N) is 1. The summed E-state index contributed by atoms with van der Waals surface area (Å²) >= 11 is 0. The lowest BCUT2D eigenvalue weighted by Crippen LogP contribution is -2.14. The summed E-state index contributed by atoms with van der Waals surface area (Å²) in [4.78, 5) is 4.31. The Morgan fingerprint density at radius 3 is 3.06 bits per heavy atom. The molecule has 1 aromatic carbocycles. The van der Waals surface area contributed by atoms with Gasteiger partial charge in [0.1, 0.15) is 0 Å². The lowest BCUT2D eigenvalue weighted by atomic mass is 10.1. The van der Waals surface area contributed by atoms with Gasteiger partial charge in [-0.2, -0.15) is 0 Å². The molecular weight excluding hydrogens is 220 g/mol. The van der Waals surface area contributed by atoms with E-state index in [9.17, 15) is 0 Å². The summed E-state index contributed by atoms with van der Waals surface area (Å²) < 4.78 is 0. The first-order valence-corrected chi connectivity index (χ1v) is 6.38. The average Bonchev–Trinajstić information content (AvgIpc) is 2.42. The summed E-state index contributed by atoms with van der Waals surface area (Å²) in [7, 11) is 0. The Kier molecular flexibility index (Phi) is 4.75. The predicted molar refractivity (Wildman–Crippen MR) is 76.1 cm³/mol. The van der Waals surface area contributed by atoms with Gasteiger partial charge in [0.05, 0.1) is 5.52 Å². The van der Waals surface area contributed by atoms with E-state index in [2.05, 4.69) is 40.5 Å². The Morgan fingerprint density at radius 2 is 2.17 bits per heavy atom. The zero-order chi connectivity index (χ0) is 12.6. The van der Waals surface area contributed by atoms with Crippen LogP contribution in [0.4, 0.5) is 0 Å². The highest BCUT2D eigenvalue weighted by Gasteiger charge is 1.96. The number of unbranched alkanes of at least 4 members (excludes halogenated alkanes) is 2. The van der Waals surface area contributed by atoms with Crippen molar-refractivity contribution >= 4 is 10.9 Å². The van der Waals surface area contributed by atoms with Gasteiger partial charge in [-0.3, -0.25) is 4.98 Å². The summed E-state index contributed by atoms with van der Waals surface area (Å²) in [5.41, 5.74) is 2.35. The molecule has 1 aromatic heterocycles. The van der Waals surface area contributed by atoms with Crippen molar-refractivity contribution in [2.24, 2.45) is 0 Å². The summed E-state index contributed by atoms with van der Waals surface area (Å²) in [6.45, 7) is 1.92. The van der Waals surface area contributed by atoms with Crippen LogP contribution in [0.25, 0.3) is 10.9 Å². The lowest BCUT2D eigenvalue weighted by molar-refractivity contribution is 0.630. The average molecular weight is 238 g/mol. The van der Waals surface area contributed by atoms with E-state index in [0.717, 1.165) is 37.9 Å². The molecule has 0 saturated carbocycles. The van der Waals surface area contributed by atoms with E-state index in [1.54, 1.807) is 0 Å². The van der Waals surface area contributed by atoms with Gasteiger partial charge >= 0.3 is 0 Å². The smallest absolute Gasteiger partial charge is 0.0702 e. The Labute approximate surface area is 108 Å². The van der Waals surface area contributed by atoms with Gasteiger partial charge in [-0.1, -0.05) is 12.1 Å². The number of terminal acetylenes is 1. The van der Waals surface area contributed by atoms with Crippen LogP contribution in [0.3, 0.4) is 0 Å². The van der Waals surface area contributed by atoms with Crippen LogP contribution in [0.1, 0.15) is 24.8 Å². The molecule has 0 aliphatic rings. The fourth-order valence-electron chi connectivity index (χ4n) is 1.94. The largest absolute Gasteiger partial charge is 0.313 e. The van der Waals surface area contributed by atoms with E-state index >= 15 is 0 Å². The van der Waals surface area contributed by atoms with Crippen LogP contribution in [0.2, 0.25) is 0 Å². The number of pyridine rings is 1. The monoisotopic (exact) mass is 238 g/mol. The van der Waals surface area contributed by atoms with Crippen LogP contribution >= 0.6 is 0 Å². The highest BCUT2D eigenvalue weighted by molar-refractivity contribution is 5.78. The summed E-state index contributed by atoms with van der Waals surface area (Å²) in [6, 6.07) is 10.5. The fraction of sp³-hybridized carbons (Fsp3) is 0.312. The number of hydrogen-bond donors (Lipinski definition) is 1. The van der Waals surface area contributed by atoms with Gasteiger partial charge < -0.3 is 5.32 Å². The predicted octanol–water partition coefficient (Wildman–Crippen LogP) is 3.13. The van der Waals surface area contributed by atoms with Crippen LogP contribution < -0.4 is 5.32 Å². The Balaban J connectivity index is 1.83. The zero-order valence-corrected chi connectivity index (χ0v) is 10.5. The summed E-state index contributed by atoms with van der Waals surface area (Å²) in [5.74, 6) is 2.66. The van der Waals surface area contributed by atoms with Crippen molar-refractivity contribution in [3.8, 4) is 12.3 Å². The molecule has 92 valence electrons. The molecule has 1 N–H and O–H groups in total. The highest BCUT2D eigenvalue weighted by Crippen LogP contribution is 2.13. The maximum Gasteiger partial charge on any atom is 0.0702 e. The molecule has 2 aromatic rings. The second-order valence-corrected chi connectivity index (χ2v) is 4.37. The van der Waals surface area contributed by atoms with Crippen LogP contribution in [0, 0.1) is 12.3 Å². The van der Waals surface area contributed by atoms with Crippen molar-refractivity contribution in [1.29, 1.82) is 0 Å². The molecule has 2 heteroatoms. The third-order valence-corrected chi connectivity index (χ3v) is 2.92. The maximum atomic E-state index is 5.21. The number of fused-ring (bicyclic) bond motifs is 1. The summed E-state index contributed by atoms with van der Waals surface area (Å²) in [5, 5.41) is 4.63. The fourth-order valence-corrected chi connectivity index (χ4v) is 1.94. The van der Waals surface area contributed by atoms with Gasteiger partial charge in [-0.25, -0.2) is 0 Å². The number of hydrogen-bond acceptors (Lipinski definition) is 2. The first-order valence-electron chi connectivity index (χ1n) is 6.38. The zero-order valence-electron chi connectivity index (χ0n) is 10.5. The minimum atomic E-state index is 0.878. The first kappa shape index (κ1) is 12.6. The van der Waals surface area contributed by atoms with Crippen LogP contribution in [0.5, 0.6) is 0 Å². The molecule has 1 heterocycles. The van der Waals surface area contributed by atoms with Crippen molar-refractivity contribution in [3.63, 3.8) is 0 Å². The molecule has 0 unspecified atom stereocenters. The molecule has 0 fully saturated rings. The number of benzene rings is 1. The number of aromatic nitrogens is 1. The van der Waals surface area contributed by atoms with Crippen molar-refractivity contribution in [2.75, 3.05) is 6.54 Å². The highest BCUT2D eigenvalue weighted by atomic mass is 14.8. The van der Waals surface area contributed by atoms with Crippen LogP contribution in [0.15, 0.2) is 36.5 Å². The second kappa shape index (κ2) is 6.78. The van der Waals surface area contributed by atoms with Crippen molar-refractivity contribution in [2.45, 2.75) is 25.8 Å². The van der Waals surface area contributed by atoms with Crippen molar-refractivity contribution < 1.29 is 0 Å². The molecule has 0 bridgehead atoms. The van der Waals surface area contributed by atoms with Crippen LogP contribution in [-0.4, -0.2) is 11.5 Å². The van der Waals surface area contributed by atoms with Gasteiger partial charge in [-0.05, 0) is 43.1 Å². The molecule has 0 amide bonds. The molecule has 0 aliphatic heterocycles. The van der Waals surface area contributed by atoms with E-state index in [1.807, 2.05) is 12.3 Å². The minimum Gasteiger partial charge on any atom is -0.313 e. The standard InChI is InChI=1S/C16H18N2/c1-2-3-4-5-10-17-13-14-8-9-16-15(12-14)7-6-11-18-16/h1,6-9,11-12,17H,3-5,10,13H2. The molecule has 0 atom stereocenters. The Hall–Kier alpha value is -1.85. The van der Waals surface area contributed by atoms with Gasteiger partial charge in [0.2, 0.25) is 0 Å². The maximum absolute atomic E-state index is 5.21. The third kappa shape index (κ3) is 3.58. The molecule has 0 aliphatic carbocycles. The molecular formula is C16H18N2. The van der Waals surface area contributed by atoms with E-state index < -0.39 is 0 Å².